The van der Waals surface area contributed by atoms with E-state index >= 15 is 0 Å². The van der Waals surface area contributed by atoms with E-state index in [0.29, 0.717) is 39.3 Å². The lowest BCUT2D eigenvalue weighted by molar-refractivity contribution is -0.156. The van der Waals surface area contributed by atoms with Crippen LogP contribution < -0.4 is 5.32 Å². The molecule has 1 aliphatic rings. The van der Waals surface area contributed by atoms with Crippen LogP contribution in [0.3, 0.4) is 0 Å². The fourth-order valence-corrected chi connectivity index (χ4v) is 2.94. The number of hydrogen-bond acceptors (Lipinski definition) is 4. The summed E-state index contributed by atoms with van der Waals surface area (Å²) in [5.41, 5.74) is -0.154. The molecule has 0 saturated carbocycles. The number of methoxy groups -OCH3 is 1. The molecule has 1 atom stereocenters. The lowest BCUT2D eigenvalue weighted by atomic mass is 9.93. The zero-order valence-electron chi connectivity index (χ0n) is 15.0. The fraction of sp³-hybridized carbons (Fsp3) is 0.474. The van der Waals surface area contributed by atoms with E-state index in [-0.39, 0.29) is 11.8 Å². The quantitative estimate of drug-likeness (QED) is 0.749. The normalized spacial score (nSPS) is 17.6. The summed E-state index contributed by atoms with van der Waals surface area (Å²) in [6, 6.07) is 9.53. The van der Waals surface area contributed by atoms with E-state index in [1.54, 1.807) is 20.1 Å². The van der Waals surface area contributed by atoms with Crippen LogP contribution in [0.15, 0.2) is 43.0 Å². The second-order valence-corrected chi connectivity index (χ2v) is 6.26. The van der Waals surface area contributed by atoms with Crippen molar-refractivity contribution in [3.63, 3.8) is 0 Å². The van der Waals surface area contributed by atoms with Crippen molar-refractivity contribution in [1.29, 1.82) is 0 Å². The Hall–Kier alpha value is -2.18. The lowest BCUT2D eigenvalue weighted by Gasteiger charge is -2.39. The fourth-order valence-electron chi connectivity index (χ4n) is 2.94. The van der Waals surface area contributed by atoms with E-state index in [1.165, 1.54) is 0 Å². The van der Waals surface area contributed by atoms with Crippen LogP contribution in [0.5, 0.6) is 0 Å². The van der Waals surface area contributed by atoms with Crippen molar-refractivity contribution in [3.05, 3.63) is 48.6 Å². The van der Waals surface area contributed by atoms with Crippen LogP contribution >= 0.6 is 0 Å². The molecule has 25 heavy (non-hydrogen) atoms. The van der Waals surface area contributed by atoms with Crippen LogP contribution in [0.2, 0.25) is 0 Å². The van der Waals surface area contributed by atoms with Crippen molar-refractivity contribution in [2.75, 3.05) is 46.4 Å². The third-order valence-corrected chi connectivity index (χ3v) is 4.61. The van der Waals surface area contributed by atoms with Gasteiger partial charge >= 0.3 is 0 Å². The molecule has 0 aromatic heterocycles. The highest BCUT2D eigenvalue weighted by molar-refractivity contribution is 5.86. The molecule has 1 fully saturated rings. The Morgan fingerprint density at radius 3 is 2.44 bits per heavy atom. The molecule has 0 spiro atoms. The van der Waals surface area contributed by atoms with Gasteiger partial charge in [-0.2, -0.15) is 0 Å². The molecule has 1 aliphatic heterocycles. The van der Waals surface area contributed by atoms with Crippen molar-refractivity contribution >= 4 is 11.8 Å². The van der Waals surface area contributed by atoms with Crippen LogP contribution in [-0.2, 0) is 19.9 Å². The summed E-state index contributed by atoms with van der Waals surface area (Å²) in [7, 11) is 1.56. The second-order valence-electron chi connectivity index (χ2n) is 6.26. The second kappa shape index (κ2) is 8.78. The highest BCUT2D eigenvalue weighted by Crippen LogP contribution is 2.27. The third-order valence-electron chi connectivity index (χ3n) is 4.61. The van der Waals surface area contributed by atoms with E-state index < -0.39 is 5.60 Å². The highest BCUT2D eigenvalue weighted by atomic mass is 16.5. The van der Waals surface area contributed by atoms with E-state index in [1.807, 2.05) is 35.2 Å². The molecule has 6 heteroatoms. The highest BCUT2D eigenvalue weighted by Gasteiger charge is 2.39. The Morgan fingerprint density at radius 1 is 1.24 bits per heavy atom. The zero-order chi connectivity index (χ0) is 18.3. The summed E-state index contributed by atoms with van der Waals surface area (Å²) >= 11 is 0. The average molecular weight is 345 g/mol. The molecule has 0 aliphatic carbocycles. The molecular formula is C19H27N3O3. The van der Waals surface area contributed by atoms with Gasteiger partial charge < -0.3 is 15.0 Å². The number of carbonyl (C=O) groups excluding carboxylic acids is 2. The Balaban J connectivity index is 1.94. The maximum Gasteiger partial charge on any atom is 0.259 e. The van der Waals surface area contributed by atoms with E-state index in [0.717, 1.165) is 5.56 Å². The molecule has 0 unspecified atom stereocenters. The van der Waals surface area contributed by atoms with Gasteiger partial charge in [0.2, 0.25) is 5.91 Å². The number of nitrogens with zero attached hydrogens (tertiary/aromatic N) is 2. The van der Waals surface area contributed by atoms with Crippen LogP contribution in [0.1, 0.15) is 12.5 Å². The number of carbonyl (C=O) groups is 2. The number of piperazine rings is 1. The van der Waals surface area contributed by atoms with Crippen molar-refractivity contribution in [2.24, 2.45) is 0 Å². The van der Waals surface area contributed by atoms with Crippen LogP contribution in [0.25, 0.3) is 0 Å². The molecule has 2 amide bonds. The van der Waals surface area contributed by atoms with Gasteiger partial charge in [0.1, 0.15) is 0 Å². The van der Waals surface area contributed by atoms with Crippen LogP contribution in [0, 0.1) is 0 Å². The molecule has 1 N–H and O–H groups in total. The van der Waals surface area contributed by atoms with Gasteiger partial charge in [0, 0.05) is 39.8 Å². The Kier molecular flexibility index (Phi) is 6.73. The SMILES string of the molecule is C=CCNC(=O)CN1CCN(C(=O)[C@@](C)(OC)c2ccccc2)CC1. The summed E-state index contributed by atoms with van der Waals surface area (Å²) in [6.07, 6.45) is 1.66. The van der Waals surface area contributed by atoms with Crippen molar-refractivity contribution in [1.82, 2.24) is 15.1 Å². The summed E-state index contributed by atoms with van der Waals surface area (Å²) in [5.74, 6) is -0.0670. The first-order chi connectivity index (χ1) is 12.0. The molecule has 1 heterocycles. The number of nitrogens with one attached hydrogen (secondary N) is 1. The minimum absolute atomic E-state index is 0.0225. The molecular weight excluding hydrogens is 318 g/mol. The first-order valence-corrected chi connectivity index (χ1v) is 8.51. The van der Waals surface area contributed by atoms with Crippen molar-refractivity contribution < 1.29 is 14.3 Å². The van der Waals surface area contributed by atoms with Crippen LogP contribution in [0.4, 0.5) is 0 Å². The Bertz CT molecular complexity index is 597. The minimum Gasteiger partial charge on any atom is -0.364 e. The predicted molar refractivity (Wildman–Crippen MR) is 97.0 cm³/mol. The number of amides is 2. The summed E-state index contributed by atoms with van der Waals surface area (Å²) in [4.78, 5) is 28.7. The Labute approximate surface area is 149 Å². The van der Waals surface area contributed by atoms with Gasteiger partial charge in [0.25, 0.3) is 5.91 Å². The minimum atomic E-state index is -0.995. The van der Waals surface area contributed by atoms with Gasteiger partial charge in [-0.15, -0.1) is 6.58 Å². The number of ether oxygens (including phenoxy) is 1. The molecule has 6 nitrogen and oxygen atoms in total. The maximum atomic E-state index is 13.0. The van der Waals surface area contributed by atoms with Gasteiger partial charge in [0.05, 0.1) is 6.54 Å². The van der Waals surface area contributed by atoms with Crippen molar-refractivity contribution in [3.8, 4) is 0 Å². The largest absolute Gasteiger partial charge is 0.364 e. The standard InChI is InChI=1S/C19H27N3O3/c1-4-10-20-17(23)15-21-11-13-22(14-12-21)18(24)19(2,25-3)16-8-6-5-7-9-16/h4-9H,1,10-15H2,2-3H3,(H,20,23)/t19-/m0/s1. The number of hydrogen-bond donors (Lipinski definition) is 1. The van der Waals surface area contributed by atoms with E-state index in [2.05, 4.69) is 16.8 Å². The topological polar surface area (TPSA) is 61.9 Å². The first-order valence-electron chi connectivity index (χ1n) is 8.51. The molecule has 136 valence electrons. The van der Waals surface area contributed by atoms with Gasteiger partial charge in [0.15, 0.2) is 5.60 Å². The van der Waals surface area contributed by atoms with Crippen LogP contribution in [-0.4, -0.2) is 68.0 Å². The molecule has 1 aromatic carbocycles. The molecule has 1 aromatic rings. The van der Waals surface area contributed by atoms with E-state index in [4.69, 9.17) is 4.74 Å². The molecule has 2 rings (SSSR count). The van der Waals surface area contributed by atoms with Gasteiger partial charge in [-0.1, -0.05) is 36.4 Å². The lowest BCUT2D eigenvalue weighted by Crippen LogP contribution is -2.55. The zero-order valence-corrected chi connectivity index (χ0v) is 15.0. The Morgan fingerprint density at radius 2 is 1.88 bits per heavy atom. The molecule has 0 bridgehead atoms. The van der Waals surface area contributed by atoms with Gasteiger partial charge in [-0.25, -0.2) is 0 Å². The monoisotopic (exact) mass is 345 g/mol. The number of benzene rings is 1. The number of rotatable bonds is 7. The smallest absolute Gasteiger partial charge is 0.259 e. The third kappa shape index (κ3) is 4.67. The summed E-state index contributed by atoms with van der Waals surface area (Å²) in [5, 5.41) is 2.77. The van der Waals surface area contributed by atoms with Gasteiger partial charge in [-0.3, -0.25) is 14.5 Å². The molecule has 0 radical (unpaired) electrons. The maximum absolute atomic E-state index is 13.0. The molecule has 1 saturated heterocycles. The van der Waals surface area contributed by atoms with E-state index in [9.17, 15) is 9.59 Å². The average Bonchev–Trinajstić information content (AvgIpc) is 2.66. The predicted octanol–water partition coefficient (Wildman–Crippen LogP) is 0.995. The first kappa shape index (κ1) is 19.1. The summed E-state index contributed by atoms with van der Waals surface area (Å²) < 4.78 is 5.60. The van der Waals surface area contributed by atoms with Crippen molar-refractivity contribution in [2.45, 2.75) is 12.5 Å². The van der Waals surface area contributed by atoms with Gasteiger partial charge in [-0.05, 0) is 12.5 Å². The summed E-state index contributed by atoms with van der Waals surface area (Å²) in [6.45, 7) is 8.70.